The fourth-order valence-corrected chi connectivity index (χ4v) is 1.28. The van der Waals surface area contributed by atoms with E-state index >= 15 is 0 Å². The molecule has 0 aliphatic heterocycles. The lowest BCUT2D eigenvalue weighted by molar-refractivity contribution is 0.0397. The normalized spacial score (nSPS) is 11.0. The van der Waals surface area contributed by atoms with Gasteiger partial charge in [0.15, 0.2) is 0 Å². The lowest BCUT2D eigenvalue weighted by atomic mass is 10.2. The minimum absolute atomic E-state index is 0.111. The van der Waals surface area contributed by atoms with E-state index in [4.69, 9.17) is 11.6 Å². The van der Waals surface area contributed by atoms with E-state index < -0.39 is 6.55 Å². The molecule has 0 amide bonds. The van der Waals surface area contributed by atoms with Gasteiger partial charge in [-0.05, 0) is 23.4 Å². The van der Waals surface area contributed by atoms with E-state index in [1.807, 2.05) is 0 Å². The number of nitrogens with zero attached hydrogens (tertiary/aromatic N) is 4. The van der Waals surface area contributed by atoms with Crippen molar-refractivity contribution in [2.75, 3.05) is 0 Å². The summed E-state index contributed by atoms with van der Waals surface area (Å²) >= 11 is 5.69. The van der Waals surface area contributed by atoms with E-state index in [9.17, 15) is 13.9 Å². The fourth-order valence-electron chi connectivity index (χ4n) is 1.10. The Hall–Kier alpha value is -1.76. The highest BCUT2D eigenvalue weighted by atomic mass is 35.5. The average molecular weight is 247 g/mol. The summed E-state index contributed by atoms with van der Waals surface area (Å²) in [5, 5.41) is 19.7. The average Bonchev–Trinajstić information content (AvgIpc) is 2.70. The predicted octanol–water partition coefficient (Wildman–Crippen LogP) is 2.09. The van der Waals surface area contributed by atoms with E-state index in [0.717, 1.165) is 0 Å². The quantitative estimate of drug-likeness (QED) is 0.881. The maximum absolute atomic E-state index is 12.2. The van der Waals surface area contributed by atoms with Gasteiger partial charge in [0.05, 0.1) is 5.56 Å². The molecule has 84 valence electrons. The molecule has 1 heterocycles. The molecular formula is C8H5ClF2N4O. The van der Waals surface area contributed by atoms with Crippen molar-refractivity contribution < 1.29 is 13.9 Å². The minimum Gasteiger partial charge on any atom is -0.507 e. The Morgan fingerprint density at radius 2 is 2.12 bits per heavy atom. The van der Waals surface area contributed by atoms with Gasteiger partial charge in [-0.1, -0.05) is 16.4 Å². The molecule has 0 atom stereocenters. The number of phenolic OH excluding ortho intramolecular Hbond substituents is 1. The number of hydrogen-bond acceptors (Lipinski definition) is 4. The summed E-state index contributed by atoms with van der Waals surface area (Å²) < 4.78 is 24.4. The maximum atomic E-state index is 12.2. The van der Waals surface area contributed by atoms with Gasteiger partial charge in [-0.25, -0.2) is 0 Å². The molecule has 0 unspecified atom stereocenters. The second-order valence-electron chi connectivity index (χ2n) is 2.87. The Morgan fingerprint density at radius 3 is 2.75 bits per heavy atom. The van der Waals surface area contributed by atoms with Crippen molar-refractivity contribution in [1.82, 2.24) is 20.2 Å². The van der Waals surface area contributed by atoms with Gasteiger partial charge >= 0.3 is 6.55 Å². The second-order valence-corrected chi connectivity index (χ2v) is 3.31. The van der Waals surface area contributed by atoms with Crippen molar-refractivity contribution in [1.29, 1.82) is 0 Å². The molecule has 0 spiro atoms. The number of aromatic hydroxyl groups is 1. The monoisotopic (exact) mass is 246 g/mol. The van der Waals surface area contributed by atoms with Gasteiger partial charge in [-0.2, -0.15) is 8.78 Å². The molecule has 2 rings (SSSR count). The Kier molecular flexibility index (Phi) is 2.69. The third-order valence-electron chi connectivity index (χ3n) is 1.80. The first-order chi connectivity index (χ1) is 7.58. The standard InChI is InChI=1S/C8H5ClF2N4O/c9-4-1-2-6(16)5(3-4)7-12-14-15(13-7)8(10)11/h1-3,8,16H. The van der Waals surface area contributed by atoms with Crippen LogP contribution < -0.4 is 0 Å². The minimum atomic E-state index is -2.87. The number of phenols is 1. The fraction of sp³-hybridized carbons (Fsp3) is 0.125. The van der Waals surface area contributed by atoms with Crippen LogP contribution in [0.15, 0.2) is 18.2 Å². The molecule has 0 bridgehead atoms. The van der Waals surface area contributed by atoms with E-state index in [2.05, 4.69) is 15.4 Å². The number of benzene rings is 1. The van der Waals surface area contributed by atoms with Crippen LogP contribution in [0, 0.1) is 0 Å². The zero-order chi connectivity index (χ0) is 11.7. The molecule has 1 N–H and O–H groups in total. The van der Waals surface area contributed by atoms with Gasteiger partial charge in [0.2, 0.25) is 5.82 Å². The Morgan fingerprint density at radius 1 is 1.38 bits per heavy atom. The SMILES string of the molecule is Oc1ccc(Cl)cc1-c1nnn(C(F)F)n1. The van der Waals surface area contributed by atoms with Crippen molar-refractivity contribution in [3.05, 3.63) is 23.2 Å². The van der Waals surface area contributed by atoms with Gasteiger partial charge < -0.3 is 5.11 Å². The van der Waals surface area contributed by atoms with Crippen molar-refractivity contribution >= 4 is 11.6 Å². The molecule has 2 aromatic rings. The summed E-state index contributed by atoms with van der Waals surface area (Å²) in [6, 6.07) is 4.14. The zero-order valence-corrected chi connectivity index (χ0v) is 8.44. The van der Waals surface area contributed by atoms with Crippen molar-refractivity contribution in [2.45, 2.75) is 6.55 Å². The van der Waals surface area contributed by atoms with Crippen LogP contribution >= 0.6 is 11.6 Å². The molecule has 1 aromatic heterocycles. The summed E-state index contributed by atoms with van der Waals surface area (Å²) in [4.78, 5) is 0.148. The molecule has 0 fully saturated rings. The molecule has 16 heavy (non-hydrogen) atoms. The first-order valence-electron chi connectivity index (χ1n) is 4.14. The summed E-state index contributed by atoms with van der Waals surface area (Å²) in [6.45, 7) is -2.87. The predicted molar refractivity (Wildman–Crippen MR) is 51.2 cm³/mol. The third kappa shape index (κ3) is 1.94. The maximum Gasteiger partial charge on any atom is 0.350 e. The van der Waals surface area contributed by atoms with Crippen molar-refractivity contribution in [3.63, 3.8) is 0 Å². The summed E-state index contributed by atoms with van der Waals surface area (Å²) in [6.07, 6.45) is 0. The lowest BCUT2D eigenvalue weighted by Gasteiger charge is -1.99. The smallest absolute Gasteiger partial charge is 0.350 e. The van der Waals surface area contributed by atoms with Gasteiger partial charge in [-0.15, -0.1) is 10.2 Å². The van der Waals surface area contributed by atoms with Crippen LogP contribution in [0.3, 0.4) is 0 Å². The number of aromatic nitrogens is 4. The topological polar surface area (TPSA) is 63.8 Å². The van der Waals surface area contributed by atoms with Crippen LogP contribution in [0.25, 0.3) is 11.4 Å². The van der Waals surface area contributed by atoms with Crippen LogP contribution in [0.1, 0.15) is 6.55 Å². The molecule has 0 radical (unpaired) electrons. The Balaban J connectivity index is 2.46. The van der Waals surface area contributed by atoms with E-state index in [-0.39, 0.29) is 21.9 Å². The van der Waals surface area contributed by atoms with Gasteiger partial charge in [0.1, 0.15) is 5.75 Å². The van der Waals surface area contributed by atoms with E-state index in [0.29, 0.717) is 5.02 Å². The molecule has 1 aromatic carbocycles. The van der Waals surface area contributed by atoms with Crippen LogP contribution in [0.4, 0.5) is 8.78 Å². The number of tetrazole rings is 1. The molecule has 5 nitrogen and oxygen atoms in total. The number of rotatable bonds is 2. The van der Waals surface area contributed by atoms with Crippen LogP contribution in [-0.4, -0.2) is 25.3 Å². The number of hydrogen-bond donors (Lipinski definition) is 1. The van der Waals surface area contributed by atoms with Crippen LogP contribution in [0.5, 0.6) is 5.75 Å². The largest absolute Gasteiger partial charge is 0.507 e. The lowest BCUT2D eigenvalue weighted by Crippen LogP contribution is -2.02. The molecule has 0 saturated carbocycles. The molecule has 0 aliphatic rings. The first-order valence-corrected chi connectivity index (χ1v) is 4.52. The Bertz CT molecular complexity index is 516. The summed E-state index contributed by atoms with van der Waals surface area (Å²) in [7, 11) is 0. The van der Waals surface area contributed by atoms with Gasteiger partial charge in [0, 0.05) is 5.02 Å². The highest BCUT2D eigenvalue weighted by Gasteiger charge is 2.15. The highest BCUT2D eigenvalue weighted by Crippen LogP contribution is 2.29. The molecule has 8 heteroatoms. The van der Waals surface area contributed by atoms with Crippen LogP contribution in [0.2, 0.25) is 5.02 Å². The van der Waals surface area contributed by atoms with Gasteiger partial charge in [-0.3, -0.25) is 0 Å². The highest BCUT2D eigenvalue weighted by molar-refractivity contribution is 6.30. The van der Waals surface area contributed by atoms with Crippen molar-refractivity contribution in [2.24, 2.45) is 0 Å². The summed E-state index contributed by atoms with van der Waals surface area (Å²) in [5.41, 5.74) is 0.152. The first kappa shape index (κ1) is 10.7. The molecule has 0 saturated heterocycles. The number of halogens is 3. The second kappa shape index (κ2) is 4.01. The Labute approximate surface area is 93.3 Å². The van der Waals surface area contributed by atoms with Crippen molar-refractivity contribution in [3.8, 4) is 17.1 Å². The van der Waals surface area contributed by atoms with E-state index in [1.54, 1.807) is 0 Å². The van der Waals surface area contributed by atoms with Crippen LogP contribution in [-0.2, 0) is 0 Å². The number of alkyl halides is 2. The molecular weight excluding hydrogens is 242 g/mol. The zero-order valence-electron chi connectivity index (χ0n) is 7.68. The molecule has 0 aliphatic carbocycles. The third-order valence-corrected chi connectivity index (χ3v) is 2.04. The summed E-state index contributed by atoms with van der Waals surface area (Å²) in [5.74, 6) is -0.265. The van der Waals surface area contributed by atoms with Gasteiger partial charge in [0.25, 0.3) is 0 Å². The van der Waals surface area contributed by atoms with E-state index in [1.165, 1.54) is 18.2 Å².